The Morgan fingerprint density at radius 3 is 2.81 bits per heavy atom. The summed E-state index contributed by atoms with van der Waals surface area (Å²) in [5.74, 6) is -0.599. The molecule has 0 saturated heterocycles. The molecule has 0 aliphatic heterocycles. The number of aliphatic hydroxyl groups excluding tert-OH is 1. The molecule has 0 heterocycles. The number of rotatable bonds is 8. The second-order valence-corrected chi connectivity index (χ2v) is 5.38. The second kappa shape index (κ2) is 7.38. The lowest BCUT2D eigenvalue weighted by Crippen LogP contribution is -2.30. The number of carbonyl (C=O) groups is 1. The van der Waals surface area contributed by atoms with Crippen LogP contribution in [0, 0.1) is 5.82 Å². The number of anilines is 2. The Hall–Kier alpha value is -1.66. The minimum atomic E-state index is -0.489. The van der Waals surface area contributed by atoms with Gasteiger partial charge in [0, 0.05) is 24.7 Å². The first-order valence-electron chi connectivity index (χ1n) is 7.30. The molecule has 1 amide bonds. The zero-order valence-electron chi connectivity index (χ0n) is 12.0. The average Bonchev–Trinajstić information content (AvgIpc) is 3.26. The molecule has 21 heavy (non-hydrogen) atoms. The topological polar surface area (TPSA) is 78.6 Å². The number of nitrogens with two attached hydrogens (primary N) is 1. The summed E-state index contributed by atoms with van der Waals surface area (Å²) in [7, 11) is 0. The van der Waals surface area contributed by atoms with Gasteiger partial charge >= 0.3 is 0 Å². The van der Waals surface area contributed by atoms with Crippen molar-refractivity contribution in [1.82, 2.24) is 4.90 Å². The number of nitrogen functional groups attached to an aromatic ring is 1. The van der Waals surface area contributed by atoms with Crippen LogP contribution in [0.15, 0.2) is 18.2 Å². The molecular weight excluding hydrogens is 273 g/mol. The van der Waals surface area contributed by atoms with Crippen molar-refractivity contribution in [2.24, 2.45) is 0 Å². The fourth-order valence-corrected chi connectivity index (χ4v) is 2.33. The summed E-state index contributed by atoms with van der Waals surface area (Å²) in [5, 5.41) is 11.7. The third-order valence-electron chi connectivity index (χ3n) is 3.58. The Labute approximate surface area is 123 Å². The Morgan fingerprint density at radius 1 is 1.43 bits per heavy atom. The van der Waals surface area contributed by atoms with Crippen molar-refractivity contribution >= 4 is 17.3 Å². The molecule has 6 heteroatoms. The minimum absolute atomic E-state index is 0.0238. The van der Waals surface area contributed by atoms with Gasteiger partial charge in [-0.15, -0.1) is 0 Å². The highest BCUT2D eigenvalue weighted by Crippen LogP contribution is 2.26. The van der Waals surface area contributed by atoms with Crippen molar-refractivity contribution in [2.45, 2.75) is 31.7 Å². The van der Waals surface area contributed by atoms with E-state index in [1.54, 1.807) is 0 Å². The zero-order chi connectivity index (χ0) is 15.2. The average molecular weight is 295 g/mol. The molecule has 1 fully saturated rings. The van der Waals surface area contributed by atoms with Gasteiger partial charge in [-0.3, -0.25) is 9.69 Å². The highest BCUT2D eigenvalue weighted by molar-refractivity contribution is 5.91. The normalized spacial score (nSPS) is 14.4. The summed E-state index contributed by atoms with van der Waals surface area (Å²) in [5.41, 5.74) is 5.98. The SMILES string of the molecule is Nc1cc(NC(=O)CCCN(CCO)C2CC2)ccc1F. The van der Waals surface area contributed by atoms with E-state index < -0.39 is 5.82 Å². The van der Waals surface area contributed by atoms with Crippen molar-refractivity contribution in [3.8, 4) is 0 Å². The zero-order valence-corrected chi connectivity index (χ0v) is 12.0. The first-order valence-corrected chi connectivity index (χ1v) is 7.30. The van der Waals surface area contributed by atoms with Gasteiger partial charge in [0.1, 0.15) is 5.82 Å². The lowest BCUT2D eigenvalue weighted by Gasteiger charge is -2.20. The van der Waals surface area contributed by atoms with Gasteiger partial charge in [-0.05, 0) is 44.0 Å². The summed E-state index contributed by atoms with van der Waals surface area (Å²) in [6, 6.07) is 4.72. The van der Waals surface area contributed by atoms with Crippen LogP contribution in [0.25, 0.3) is 0 Å². The number of carbonyl (C=O) groups excluding carboxylic acids is 1. The smallest absolute Gasteiger partial charge is 0.224 e. The first kappa shape index (κ1) is 15.7. The lowest BCUT2D eigenvalue weighted by molar-refractivity contribution is -0.116. The Bertz CT molecular complexity index is 492. The monoisotopic (exact) mass is 295 g/mol. The molecule has 0 aromatic heterocycles. The molecule has 0 atom stereocenters. The van der Waals surface area contributed by atoms with E-state index in [9.17, 15) is 9.18 Å². The number of aliphatic hydroxyl groups is 1. The molecule has 116 valence electrons. The van der Waals surface area contributed by atoms with Crippen LogP contribution in [0.2, 0.25) is 0 Å². The van der Waals surface area contributed by atoms with Gasteiger partial charge in [-0.1, -0.05) is 0 Å². The highest BCUT2D eigenvalue weighted by atomic mass is 19.1. The van der Waals surface area contributed by atoms with Crippen LogP contribution in [0.4, 0.5) is 15.8 Å². The molecule has 1 aliphatic carbocycles. The van der Waals surface area contributed by atoms with Gasteiger partial charge in [0.15, 0.2) is 0 Å². The molecule has 1 aromatic carbocycles. The first-order chi connectivity index (χ1) is 10.1. The molecular formula is C15H22FN3O2. The molecule has 5 nitrogen and oxygen atoms in total. The summed E-state index contributed by atoms with van der Waals surface area (Å²) in [4.78, 5) is 14.0. The summed E-state index contributed by atoms with van der Waals surface area (Å²) >= 11 is 0. The molecule has 0 spiro atoms. The van der Waals surface area contributed by atoms with Crippen molar-refractivity contribution < 1.29 is 14.3 Å². The fourth-order valence-electron chi connectivity index (χ4n) is 2.33. The van der Waals surface area contributed by atoms with Crippen LogP contribution in [0.1, 0.15) is 25.7 Å². The number of benzene rings is 1. The maximum Gasteiger partial charge on any atom is 0.224 e. The minimum Gasteiger partial charge on any atom is -0.396 e. The number of amides is 1. The van der Waals surface area contributed by atoms with Gasteiger partial charge in [0.2, 0.25) is 5.91 Å². The van der Waals surface area contributed by atoms with Crippen molar-refractivity contribution in [3.05, 3.63) is 24.0 Å². The predicted molar refractivity (Wildman–Crippen MR) is 80.4 cm³/mol. The van der Waals surface area contributed by atoms with Crippen LogP contribution in [-0.2, 0) is 4.79 Å². The van der Waals surface area contributed by atoms with Crippen LogP contribution in [0.5, 0.6) is 0 Å². The van der Waals surface area contributed by atoms with E-state index in [2.05, 4.69) is 10.2 Å². The van der Waals surface area contributed by atoms with Gasteiger partial charge in [-0.2, -0.15) is 0 Å². The quantitative estimate of drug-likeness (QED) is 0.636. The van der Waals surface area contributed by atoms with Crippen molar-refractivity contribution in [1.29, 1.82) is 0 Å². The van der Waals surface area contributed by atoms with E-state index in [1.165, 1.54) is 31.0 Å². The molecule has 0 bridgehead atoms. The lowest BCUT2D eigenvalue weighted by atomic mass is 10.2. The van der Waals surface area contributed by atoms with E-state index >= 15 is 0 Å². The third kappa shape index (κ3) is 4.99. The van der Waals surface area contributed by atoms with E-state index in [0.717, 1.165) is 13.0 Å². The molecule has 1 saturated carbocycles. The Morgan fingerprint density at radius 2 is 2.19 bits per heavy atom. The van der Waals surface area contributed by atoms with Crippen LogP contribution in [0.3, 0.4) is 0 Å². The Kier molecular flexibility index (Phi) is 5.52. The summed E-state index contributed by atoms with van der Waals surface area (Å²) < 4.78 is 13.0. The second-order valence-electron chi connectivity index (χ2n) is 5.38. The van der Waals surface area contributed by atoms with E-state index in [1.807, 2.05) is 0 Å². The largest absolute Gasteiger partial charge is 0.396 e. The number of hydrogen-bond acceptors (Lipinski definition) is 4. The van der Waals surface area contributed by atoms with Crippen LogP contribution in [-0.4, -0.2) is 41.7 Å². The van der Waals surface area contributed by atoms with Gasteiger partial charge in [0.25, 0.3) is 0 Å². The molecule has 0 unspecified atom stereocenters. The molecule has 2 rings (SSSR count). The maximum absolute atomic E-state index is 13.0. The maximum atomic E-state index is 13.0. The van der Waals surface area contributed by atoms with Gasteiger partial charge < -0.3 is 16.2 Å². The highest BCUT2D eigenvalue weighted by Gasteiger charge is 2.27. The van der Waals surface area contributed by atoms with Crippen molar-refractivity contribution in [3.63, 3.8) is 0 Å². The standard InChI is InChI=1S/C15H22FN3O2/c16-13-6-3-11(10-14(13)17)18-15(21)2-1-7-19(8-9-20)12-4-5-12/h3,6,10,12,20H,1-2,4-5,7-9,17H2,(H,18,21). The summed E-state index contributed by atoms with van der Waals surface area (Å²) in [6.07, 6.45) is 3.49. The number of hydrogen-bond donors (Lipinski definition) is 3. The Balaban J connectivity index is 1.72. The molecule has 1 aliphatic rings. The number of nitrogens with one attached hydrogen (secondary N) is 1. The van der Waals surface area contributed by atoms with Gasteiger partial charge in [-0.25, -0.2) is 4.39 Å². The van der Waals surface area contributed by atoms with E-state index in [-0.39, 0.29) is 18.2 Å². The van der Waals surface area contributed by atoms with Crippen LogP contribution < -0.4 is 11.1 Å². The van der Waals surface area contributed by atoms with Crippen LogP contribution >= 0.6 is 0 Å². The number of halogens is 1. The molecule has 4 N–H and O–H groups in total. The summed E-state index contributed by atoms with van der Waals surface area (Å²) in [6.45, 7) is 1.63. The van der Waals surface area contributed by atoms with E-state index in [4.69, 9.17) is 10.8 Å². The third-order valence-corrected chi connectivity index (χ3v) is 3.58. The molecule has 1 aromatic rings. The fraction of sp³-hybridized carbons (Fsp3) is 0.533. The predicted octanol–water partition coefficient (Wildman–Crippen LogP) is 1.58. The molecule has 0 radical (unpaired) electrons. The van der Waals surface area contributed by atoms with Crippen molar-refractivity contribution in [2.75, 3.05) is 30.7 Å². The van der Waals surface area contributed by atoms with Gasteiger partial charge in [0.05, 0.1) is 12.3 Å². The van der Waals surface area contributed by atoms with E-state index in [0.29, 0.717) is 24.7 Å². The number of nitrogens with zero attached hydrogens (tertiary/aromatic N) is 1.